The van der Waals surface area contributed by atoms with Crippen molar-refractivity contribution in [3.8, 4) is 6.07 Å². The van der Waals surface area contributed by atoms with E-state index in [-0.39, 0.29) is 6.10 Å². The Bertz CT molecular complexity index is 940. The van der Waals surface area contributed by atoms with Gasteiger partial charge in [-0.3, -0.25) is 0 Å². The first kappa shape index (κ1) is 15.7. The van der Waals surface area contributed by atoms with Crippen molar-refractivity contribution in [2.24, 2.45) is 0 Å². The molecule has 0 radical (unpaired) electrons. The number of imidazole rings is 1. The van der Waals surface area contributed by atoms with Gasteiger partial charge in [-0.25, -0.2) is 4.98 Å². The highest BCUT2D eigenvalue weighted by molar-refractivity contribution is 5.79. The number of aromatic nitrogens is 2. The van der Waals surface area contributed by atoms with Crippen molar-refractivity contribution in [1.82, 2.24) is 9.55 Å². The molecule has 1 aliphatic heterocycles. The molecule has 3 aromatic rings. The lowest BCUT2D eigenvalue weighted by atomic mass is 10.1. The third kappa shape index (κ3) is 2.97. The fraction of sp³-hybridized carbons (Fsp3) is 0.300. The van der Waals surface area contributed by atoms with Crippen molar-refractivity contribution >= 4 is 17.0 Å². The first-order chi connectivity index (χ1) is 12.3. The van der Waals surface area contributed by atoms with Crippen molar-refractivity contribution in [3.05, 3.63) is 59.7 Å². The van der Waals surface area contributed by atoms with E-state index < -0.39 is 0 Å². The topological polar surface area (TPSA) is 65.1 Å². The Morgan fingerprint density at radius 2 is 1.96 bits per heavy atom. The summed E-state index contributed by atoms with van der Waals surface area (Å²) in [6, 6.07) is 18.0. The molecule has 1 aromatic heterocycles. The van der Waals surface area contributed by atoms with Gasteiger partial charge in [-0.05, 0) is 36.6 Å². The summed E-state index contributed by atoms with van der Waals surface area (Å²) in [6.45, 7) is 2.08. The average molecular weight is 332 g/mol. The average Bonchev–Trinajstić information content (AvgIpc) is 3.01. The van der Waals surface area contributed by atoms with Crippen molar-refractivity contribution < 1.29 is 5.11 Å². The molecule has 0 spiro atoms. The highest BCUT2D eigenvalue weighted by Crippen LogP contribution is 2.27. The summed E-state index contributed by atoms with van der Waals surface area (Å²) in [5.41, 5.74) is 3.65. The smallest absolute Gasteiger partial charge is 0.206 e. The third-order valence-electron chi connectivity index (χ3n) is 4.78. The molecule has 0 unspecified atom stereocenters. The highest BCUT2D eigenvalue weighted by Gasteiger charge is 2.23. The monoisotopic (exact) mass is 332 g/mol. The second-order valence-electron chi connectivity index (χ2n) is 6.50. The Kier molecular flexibility index (Phi) is 4.12. The number of anilines is 1. The second kappa shape index (κ2) is 6.58. The normalized spacial score (nSPS) is 17.6. The van der Waals surface area contributed by atoms with Crippen molar-refractivity contribution in [2.45, 2.75) is 25.5 Å². The van der Waals surface area contributed by atoms with Crippen LogP contribution in [0.1, 0.15) is 24.0 Å². The molecule has 5 nitrogen and oxygen atoms in total. The second-order valence-corrected chi connectivity index (χ2v) is 6.50. The van der Waals surface area contributed by atoms with E-state index in [4.69, 9.17) is 4.98 Å². The number of para-hydroxylation sites is 2. The number of aliphatic hydroxyl groups excluding tert-OH is 1. The van der Waals surface area contributed by atoms with Crippen LogP contribution in [0.2, 0.25) is 0 Å². The number of fused-ring (bicyclic) bond motifs is 1. The van der Waals surface area contributed by atoms with Crippen LogP contribution >= 0.6 is 0 Å². The molecule has 1 N–H and O–H groups in total. The van der Waals surface area contributed by atoms with Crippen LogP contribution in [0, 0.1) is 11.3 Å². The molecule has 1 aliphatic rings. The van der Waals surface area contributed by atoms with Crippen LogP contribution in [0.5, 0.6) is 0 Å². The molecule has 2 heterocycles. The molecular formula is C20H20N4O. The number of hydrogen-bond acceptors (Lipinski definition) is 4. The largest absolute Gasteiger partial charge is 0.391 e. The summed E-state index contributed by atoms with van der Waals surface area (Å²) in [5, 5.41) is 19.5. The van der Waals surface area contributed by atoms with Crippen molar-refractivity contribution in [2.75, 3.05) is 18.0 Å². The van der Waals surface area contributed by atoms with E-state index in [9.17, 15) is 10.4 Å². The predicted octanol–water partition coefficient (Wildman–Crippen LogP) is 2.92. The van der Waals surface area contributed by atoms with Gasteiger partial charge in [0.25, 0.3) is 0 Å². The molecule has 0 bridgehead atoms. The highest BCUT2D eigenvalue weighted by atomic mass is 16.3. The molecule has 5 heteroatoms. The molecule has 0 saturated carbocycles. The van der Waals surface area contributed by atoms with Gasteiger partial charge in [-0.2, -0.15) is 5.26 Å². The fourth-order valence-electron chi connectivity index (χ4n) is 3.53. The van der Waals surface area contributed by atoms with Crippen LogP contribution in [0.4, 0.5) is 5.95 Å². The molecule has 4 rings (SSSR count). The molecule has 0 amide bonds. The van der Waals surface area contributed by atoms with Gasteiger partial charge >= 0.3 is 0 Å². The van der Waals surface area contributed by atoms with Crippen LogP contribution in [0.25, 0.3) is 11.0 Å². The van der Waals surface area contributed by atoms with Crippen molar-refractivity contribution in [3.63, 3.8) is 0 Å². The van der Waals surface area contributed by atoms with Gasteiger partial charge in [0.2, 0.25) is 5.95 Å². The number of β-amino-alcohol motifs (C(OH)–C–C–N with tert-alkyl or cyclic N) is 1. The summed E-state index contributed by atoms with van der Waals surface area (Å²) in [4.78, 5) is 6.97. The predicted molar refractivity (Wildman–Crippen MR) is 97.4 cm³/mol. The summed E-state index contributed by atoms with van der Waals surface area (Å²) >= 11 is 0. The van der Waals surface area contributed by atoms with Gasteiger partial charge in [0.15, 0.2) is 0 Å². The third-order valence-corrected chi connectivity index (χ3v) is 4.78. The van der Waals surface area contributed by atoms with Crippen LogP contribution in [0.15, 0.2) is 48.5 Å². The van der Waals surface area contributed by atoms with Crippen molar-refractivity contribution in [1.29, 1.82) is 5.26 Å². The van der Waals surface area contributed by atoms with Gasteiger partial charge < -0.3 is 14.6 Å². The first-order valence-electron chi connectivity index (χ1n) is 8.62. The van der Waals surface area contributed by atoms with Crippen LogP contribution < -0.4 is 4.90 Å². The van der Waals surface area contributed by atoms with Gasteiger partial charge in [0, 0.05) is 13.1 Å². The van der Waals surface area contributed by atoms with E-state index in [1.54, 1.807) is 0 Å². The maximum absolute atomic E-state index is 10.1. The Morgan fingerprint density at radius 1 is 1.16 bits per heavy atom. The minimum Gasteiger partial charge on any atom is -0.391 e. The number of nitriles is 1. The lowest BCUT2D eigenvalue weighted by molar-refractivity contribution is 0.153. The van der Waals surface area contributed by atoms with Gasteiger partial charge in [-0.15, -0.1) is 0 Å². The Hall–Kier alpha value is -2.84. The number of nitrogens with zero attached hydrogens (tertiary/aromatic N) is 4. The van der Waals surface area contributed by atoms with Crippen LogP contribution in [0.3, 0.4) is 0 Å². The molecular weight excluding hydrogens is 312 g/mol. The van der Waals surface area contributed by atoms with Crippen LogP contribution in [-0.4, -0.2) is 33.9 Å². The standard InChI is InChI=1S/C20H20N4O/c21-12-15-6-1-2-7-16(15)13-24-19-10-4-3-9-18(19)22-20(24)23-11-5-8-17(25)14-23/h1-4,6-7,9-10,17,25H,5,8,11,13-14H2/t17-/m0/s1. The van der Waals surface area contributed by atoms with E-state index >= 15 is 0 Å². The number of hydrogen-bond donors (Lipinski definition) is 1. The molecule has 1 fully saturated rings. The zero-order valence-electron chi connectivity index (χ0n) is 14.0. The summed E-state index contributed by atoms with van der Waals surface area (Å²) in [6.07, 6.45) is 1.49. The maximum atomic E-state index is 10.1. The quantitative estimate of drug-likeness (QED) is 0.801. The number of aliphatic hydroxyl groups is 1. The Labute approximate surface area is 146 Å². The summed E-state index contributed by atoms with van der Waals surface area (Å²) in [5.74, 6) is 0.868. The minimum absolute atomic E-state index is 0.312. The Morgan fingerprint density at radius 3 is 2.80 bits per heavy atom. The fourth-order valence-corrected chi connectivity index (χ4v) is 3.53. The first-order valence-corrected chi connectivity index (χ1v) is 8.62. The van der Waals surface area contributed by atoms with E-state index in [1.807, 2.05) is 42.5 Å². The molecule has 2 aromatic carbocycles. The maximum Gasteiger partial charge on any atom is 0.206 e. The minimum atomic E-state index is -0.312. The lowest BCUT2D eigenvalue weighted by Crippen LogP contribution is -2.39. The number of benzene rings is 2. The zero-order valence-corrected chi connectivity index (χ0v) is 14.0. The Balaban J connectivity index is 1.81. The van der Waals surface area contributed by atoms with Gasteiger partial charge in [-0.1, -0.05) is 30.3 Å². The molecule has 0 aliphatic carbocycles. The van der Waals surface area contributed by atoms with Crippen LogP contribution in [-0.2, 0) is 6.54 Å². The van der Waals surface area contributed by atoms with Gasteiger partial charge in [0.05, 0.1) is 35.3 Å². The zero-order chi connectivity index (χ0) is 17.2. The van der Waals surface area contributed by atoms with E-state index in [0.29, 0.717) is 18.7 Å². The number of piperidine rings is 1. The lowest BCUT2D eigenvalue weighted by Gasteiger charge is -2.31. The number of rotatable bonds is 3. The summed E-state index contributed by atoms with van der Waals surface area (Å²) < 4.78 is 2.16. The van der Waals surface area contributed by atoms with E-state index in [0.717, 1.165) is 41.9 Å². The van der Waals surface area contributed by atoms with Gasteiger partial charge in [0.1, 0.15) is 0 Å². The molecule has 25 heavy (non-hydrogen) atoms. The SMILES string of the molecule is N#Cc1ccccc1Cn1c(N2CCC[C@H](O)C2)nc2ccccc21. The summed E-state index contributed by atoms with van der Waals surface area (Å²) in [7, 11) is 0. The molecule has 126 valence electrons. The van der Waals surface area contributed by atoms with E-state index in [1.165, 1.54) is 0 Å². The molecule has 1 atom stereocenters. The van der Waals surface area contributed by atoms with E-state index in [2.05, 4.69) is 21.6 Å². The molecule has 1 saturated heterocycles.